The molecule has 26 heavy (non-hydrogen) atoms. The van der Waals surface area contributed by atoms with Gasteiger partial charge in [0.1, 0.15) is 17.7 Å². The van der Waals surface area contributed by atoms with Crippen molar-refractivity contribution in [2.75, 3.05) is 52.9 Å². The second kappa shape index (κ2) is 9.19. The van der Waals surface area contributed by atoms with Gasteiger partial charge in [-0.2, -0.15) is 0 Å². The first-order chi connectivity index (χ1) is 12.7. The quantitative estimate of drug-likeness (QED) is 0.562. The van der Waals surface area contributed by atoms with Gasteiger partial charge < -0.3 is 15.4 Å². The van der Waals surface area contributed by atoms with E-state index in [0.29, 0.717) is 18.3 Å². The Morgan fingerprint density at radius 2 is 2.12 bits per heavy atom. The summed E-state index contributed by atoms with van der Waals surface area (Å²) in [7, 11) is 1.78. The van der Waals surface area contributed by atoms with E-state index in [1.165, 1.54) is 25.2 Å². The highest BCUT2D eigenvalue weighted by molar-refractivity contribution is 5.79. The van der Waals surface area contributed by atoms with Gasteiger partial charge in [0.15, 0.2) is 5.96 Å². The zero-order valence-electron chi connectivity index (χ0n) is 15.7. The Kier molecular flexibility index (Phi) is 6.68. The van der Waals surface area contributed by atoms with Crippen molar-refractivity contribution in [3.8, 4) is 5.75 Å². The molecule has 1 aromatic rings. The molecule has 0 aliphatic carbocycles. The van der Waals surface area contributed by atoms with Crippen LogP contribution >= 0.6 is 0 Å². The zero-order valence-corrected chi connectivity index (χ0v) is 15.7. The molecule has 0 aromatic heterocycles. The maximum atomic E-state index is 13.3. The summed E-state index contributed by atoms with van der Waals surface area (Å²) in [5.41, 5.74) is 0. The van der Waals surface area contributed by atoms with E-state index in [9.17, 15) is 4.39 Å². The van der Waals surface area contributed by atoms with Crippen molar-refractivity contribution in [3.05, 3.63) is 30.1 Å². The average molecular weight is 363 g/mol. The fraction of sp³-hybridized carbons (Fsp3) is 0.632. The van der Waals surface area contributed by atoms with Crippen LogP contribution in [0.25, 0.3) is 0 Å². The molecule has 0 radical (unpaired) electrons. The van der Waals surface area contributed by atoms with Crippen molar-refractivity contribution in [2.45, 2.75) is 25.5 Å². The van der Waals surface area contributed by atoms with Crippen LogP contribution < -0.4 is 15.4 Å². The molecule has 144 valence electrons. The van der Waals surface area contributed by atoms with E-state index >= 15 is 0 Å². The lowest BCUT2D eigenvalue weighted by atomic mass is 10.1. The van der Waals surface area contributed by atoms with Crippen LogP contribution in [-0.2, 0) is 0 Å². The minimum Gasteiger partial charge on any atom is -0.489 e. The van der Waals surface area contributed by atoms with Crippen molar-refractivity contribution >= 4 is 5.96 Å². The van der Waals surface area contributed by atoms with Crippen LogP contribution in [0.1, 0.15) is 13.3 Å². The second-order valence-corrected chi connectivity index (χ2v) is 6.93. The summed E-state index contributed by atoms with van der Waals surface area (Å²) in [4.78, 5) is 9.40. The molecule has 3 fully saturated rings. The highest BCUT2D eigenvalue weighted by atomic mass is 19.1. The van der Waals surface area contributed by atoms with Crippen LogP contribution in [0, 0.1) is 5.82 Å². The number of nitrogens with one attached hydrogen (secondary N) is 2. The molecule has 2 unspecified atom stereocenters. The van der Waals surface area contributed by atoms with Gasteiger partial charge in [0.25, 0.3) is 0 Å². The van der Waals surface area contributed by atoms with Crippen molar-refractivity contribution in [1.29, 1.82) is 0 Å². The minimum absolute atomic E-state index is 0.0455. The summed E-state index contributed by atoms with van der Waals surface area (Å²) < 4.78 is 19.2. The first-order valence-corrected chi connectivity index (χ1v) is 9.51. The van der Waals surface area contributed by atoms with Gasteiger partial charge >= 0.3 is 0 Å². The fourth-order valence-corrected chi connectivity index (χ4v) is 3.57. The summed E-state index contributed by atoms with van der Waals surface area (Å²) in [6, 6.07) is 6.82. The van der Waals surface area contributed by atoms with Gasteiger partial charge in [0, 0.05) is 58.4 Å². The molecule has 1 aromatic carbocycles. The predicted octanol–water partition coefficient (Wildman–Crippen LogP) is 1.15. The number of halogens is 1. The van der Waals surface area contributed by atoms with E-state index in [1.54, 1.807) is 19.2 Å². The van der Waals surface area contributed by atoms with Crippen LogP contribution in [0.5, 0.6) is 5.75 Å². The van der Waals surface area contributed by atoms with Crippen LogP contribution in [0.15, 0.2) is 29.3 Å². The van der Waals surface area contributed by atoms with Gasteiger partial charge in [0.2, 0.25) is 0 Å². The zero-order chi connectivity index (χ0) is 18.4. The van der Waals surface area contributed by atoms with Gasteiger partial charge in [-0.05, 0) is 18.6 Å². The van der Waals surface area contributed by atoms with Crippen LogP contribution in [-0.4, -0.2) is 80.8 Å². The number of hydrogen-bond acceptors (Lipinski definition) is 4. The molecule has 0 spiro atoms. The van der Waals surface area contributed by atoms with Gasteiger partial charge in [-0.1, -0.05) is 13.0 Å². The molecule has 3 aliphatic rings. The maximum absolute atomic E-state index is 13.3. The van der Waals surface area contributed by atoms with Crippen LogP contribution in [0.3, 0.4) is 0 Å². The lowest BCUT2D eigenvalue weighted by Crippen LogP contribution is -2.64. The summed E-state index contributed by atoms with van der Waals surface area (Å²) >= 11 is 0. The van der Waals surface area contributed by atoms with E-state index in [-0.39, 0.29) is 11.9 Å². The number of nitrogens with zero attached hydrogens (tertiary/aromatic N) is 3. The van der Waals surface area contributed by atoms with E-state index in [2.05, 4.69) is 32.3 Å². The van der Waals surface area contributed by atoms with Crippen molar-refractivity contribution in [2.24, 2.45) is 4.99 Å². The molecule has 3 aliphatic heterocycles. The first kappa shape index (κ1) is 18.9. The second-order valence-electron chi connectivity index (χ2n) is 6.93. The summed E-state index contributed by atoms with van der Waals surface area (Å²) in [5.74, 6) is 1.06. The van der Waals surface area contributed by atoms with Crippen molar-refractivity contribution in [1.82, 2.24) is 20.4 Å². The van der Waals surface area contributed by atoms with E-state index in [4.69, 9.17) is 4.74 Å². The molecule has 3 heterocycles. The molecule has 0 saturated carbocycles. The Balaban J connectivity index is 1.43. The number of fused-ring (bicyclic) bond motifs is 3. The summed E-state index contributed by atoms with van der Waals surface area (Å²) in [5, 5.41) is 6.76. The Hall–Kier alpha value is -1.86. The number of benzene rings is 1. The van der Waals surface area contributed by atoms with Gasteiger partial charge in [-0.3, -0.25) is 14.8 Å². The minimum atomic E-state index is -0.282. The lowest BCUT2D eigenvalue weighted by molar-refractivity contribution is 0.0154. The molecule has 3 saturated heterocycles. The third kappa shape index (κ3) is 5.08. The highest BCUT2D eigenvalue weighted by Gasteiger charge is 2.31. The number of piperazine rings is 3. The third-order valence-corrected chi connectivity index (χ3v) is 5.17. The molecule has 7 heteroatoms. The van der Waals surface area contributed by atoms with Crippen molar-refractivity contribution < 1.29 is 9.13 Å². The molecule has 2 atom stereocenters. The SMILES string of the molecule is CCC(CNC(=NC)NCC1CN2CCN1CC2)Oc1cccc(F)c1. The van der Waals surface area contributed by atoms with Gasteiger partial charge in [-0.25, -0.2) is 4.39 Å². The maximum Gasteiger partial charge on any atom is 0.191 e. The van der Waals surface area contributed by atoms with Crippen molar-refractivity contribution in [3.63, 3.8) is 0 Å². The molecule has 2 bridgehead atoms. The normalized spacial score (nSPS) is 26.4. The number of ether oxygens (including phenoxy) is 1. The Morgan fingerprint density at radius 1 is 1.31 bits per heavy atom. The van der Waals surface area contributed by atoms with Gasteiger partial charge in [0.05, 0.1) is 6.54 Å². The topological polar surface area (TPSA) is 52.1 Å². The molecular weight excluding hydrogens is 333 g/mol. The van der Waals surface area contributed by atoms with E-state index in [0.717, 1.165) is 38.6 Å². The largest absolute Gasteiger partial charge is 0.489 e. The number of hydrogen-bond donors (Lipinski definition) is 2. The third-order valence-electron chi connectivity index (χ3n) is 5.17. The Bertz CT molecular complexity index is 603. The molecule has 0 amide bonds. The average Bonchev–Trinajstić information content (AvgIpc) is 2.68. The number of aliphatic imine (C=N–C) groups is 1. The molecule has 4 rings (SSSR count). The lowest BCUT2D eigenvalue weighted by Gasteiger charge is -2.47. The predicted molar refractivity (Wildman–Crippen MR) is 102 cm³/mol. The number of guanidine groups is 1. The van der Waals surface area contributed by atoms with Crippen LogP contribution in [0.2, 0.25) is 0 Å². The van der Waals surface area contributed by atoms with Crippen LogP contribution in [0.4, 0.5) is 4.39 Å². The summed E-state index contributed by atoms with van der Waals surface area (Å²) in [6.07, 6.45) is 0.780. The van der Waals surface area contributed by atoms with E-state index < -0.39 is 0 Å². The Morgan fingerprint density at radius 3 is 2.73 bits per heavy atom. The first-order valence-electron chi connectivity index (χ1n) is 9.51. The molecule has 6 nitrogen and oxygen atoms in total. The molecular formula is C19H30FN5O. The van der Waals surface area contributed by atoms with Gasteiger partial charge in [-0.15, -0.1) is 0 Å². The fourth-order valence-electron chi connectivity index (χ4n) is 3.57. The standard InChI is InChI=1S/C19H30FN5O/c1-3-17(26-18-6-4-5-15(20)11-18)13-23-19(21-2)22-12-16-14-24-7-9-25(16)10-8-24/h4-6,11,16-17H,3,7-10,12-14H2,1-2H3,(H2,21,22,23). The van der Waals surface area contributed by atoms with E-state index in [1.807, 2.05) is 0 Å². The smallest absolute Gasteiger partial charge is 0.191 e. The monoisotopic (exact) mass is 363 g/mol. The summed E-state index contributed by atoms with van der Waals surface area (Å²) in [6.45, 7) is 9.41. The highest BCUT2D eigenvalue weighted by Crippen LogP contribution is 2.15. The number of rotatable bonds is 7. The Labute approximate surface area is 155 Å². The molecule has 2 N–H and O–H groups in total.